The van der Waals surface area contributed by atoms with Crippen LogP contribution in [0.1, 0.15) is 25.8 Å². The van der Waals surface area contributed by atoms with Gasteiger partial charge in [-0.1, -0.05) is 56.4 Å². The van der Waals surface area contributed by atoms with E-state index < -0.39 is 0 Å². The second-order valence-electron chi connectivity index (χ2n) is 7.08. The number of hydrogen-bond acceptors (Lipinski definition) is 1. The molecule has 2 heteroatoms. The molecule has 2 nitrogen and oxygen atoms in total. The van der Waals surface area contributed by atoms with Crippen molar-refractivity contribution in [2.45, 2.75) is 44.8 Å². The monoisotopic (exact) mass is 292 g/mol. The van der Waals surface area contributed by atoms with E-state index in [1.807, 2.05) is 0 Å². The number of fused-ring (bicyclic) bond motifs is 2. The van der Waals surface area contributed by atoms with Crippen molar-refractivity contribution in [2.75, 3.05) is 0 Å². The van der Waals surface area contributed by atoms with Gasteiger partial charge in [0, 0.05) is 35.2 Å². The van der Waals surface area contributed by atoms with Gasteiger partial charge >= 0.3 is 0 Å². The number of aromatic amines is 1. The Bertz CT molecular complexity index is 737. The highest BCUT2D eigenvalue weighted by molar-refractivity contribution is 5.83. The number of H-pyrrole nitrogens is 1. The van der Waals surface area contributed by atoms with Crippen LogP contribution < -0.4 is 0 Å². The van der Waals surface area contributed by atoms with Gasteiger partial charge in [0.1, 0.15) is 0 Å². The third kappa shape index (κ3) is 2.05. The normalized spacial score (nSPS) is 28.1. The summed E-state index contributed by atoms with van der Waals surface area (Å²) in [6.45, 7) is 8.98. The van der Waals surface area contributed by atoms with Crippen molar-refractivity contribution in [1.82, 2.24) is 9.88 Å². The number of para-hydroxylation sites is 1. The highest BCUT2D eigenvalue weighted by atomic mass is 15.3. The Hall–Kier alpha value is -1.80. The van der Waals surface area contributed by atoms with Gasteiger partial charge in [-0.2, -0.15) is 0 Å². The second-order valence-corrected chi connectivity index (χ2v) is 7.08. The van der Waals surface area contributed by atoms with Crippen molar-refractivity contribution < 1.29 is 0 Å². The maximum atomic E-state index is 4.31. The van der Waals surface area contributed by atoms with Crippen molar-refractivity contribution in [2.24, 2.45) is 5.92 Å². The van der Waals surface area contributed by atoms with Crippen LogP contribution in [0, 0.1) is 5.92 Å². The number of nitrogens with zero attached hydrogens (tertiary/aromatic N) is 1. The quantitative estimate of drug-likeness (QED) is 0.836. The molecule has 2 aliphatic heterocycles. The molecule has 0 spiro atoms. The summed E-state index contributed by atoms with van der Waals surface area (Å²) in [5.74, 6) is 0.673. The van der Waals surface area contributed by atoms with Crippen LogP contribution in [-0.4, -0.2) is 28.0 Å². The number of aromatic nitrogens is 1. The summed E-state index contributed by atoms with van der Waals surface area (Å²) in [7, 11) is 0. The molecule has 2 aromatic rings. The predicted molar refractivity (Wildman–Crippen MR) is 92.9 cm³/mol. The molecular formula is C20H24N2. The minimum absolute atomic E-state index is 0.461. The molecule has 3 atom stereocenters. The zero-order chi connectivity index (χ0) is 15.3. The molecule has 1 saturated heterocycles. The smallest absolute Gasteiger partial charge is 0.0498 e. The summed E-state index contributed by atoms with van der Waals surface area (Å²) in [5.41, 5.74) is 4.05. The van der Waals surface area contributed by atoms with Crippen LogP contribution in [-0.2, 0) is 6.42 Å². The maximum absolute atomic E-state index is 4.31. The molecule has 1 N–H and O–H groups in total. The molecule has 0 amide bonds. The third-order valence-electron chi connectivity index (χ3n) is 5.37. The van der Waals surface area contributed by atoms with E-state index in [-0.39, 0.29) is 0 Å². The van der Waals surface area contributed by atoms with E-state index in [2.05, 4.69) is 72.9 Å². The number of rotatable bonds is 3. The number of benzene rings is 1. The van der Waals surface area contributed by atoms with Gasteiger partial charge in [0.25, 0.3) is 0 Å². The first-order valence-electron chi connectivity index (χ1n) is 8.33. The largest absolute Gasteiger partial charge is 0.361 e. The molecule has 1 aromatic carbocycles. The lowest BCUT2D eigenvalue weighted by atomic mass is 9.97. The van der Waals surface area contributed by atoms with Crippen molar-refractivity contribution in [3.63, 3.8) is 0 Å². The third-order valence-corrected chi connectivity index (χ3v) is 5.37. The minimum atomic E-state index is 0.461. The Kier molecular flexibility index (Phi) is 3.23. The summed E-state index contributed by atoms with van der Waals surface area (Å²) >= 11 is 0. The standard InChI is InChI=1S/C20H24N2/c1-13(2)20-10-14(3)19-9-8-16(22(19)20)11-15-12-21-18-7-5-4-6-17(15)18/h4-9,12-13,16,19-21H,3,10-11H2,1-2H3. The fourth-order valence-corrected chi connectivity index (χ4v) is 4.21. The summed E-state index contributed by atoms with van der Waals surface area (Å²) in [5, 5.41) is 1.36. The first-order valence-corrected chi connectivity index (χ1v) is 8.33. The van der Waals surface area contributed by atoms with Gasteiger partial charge in [0.05, 0.1) is 0 Å². The fourth-order valence-electron chi connectivity index (χ4n) is 4.21. The van der Waals surface area contributed by atoms with Crippen molar-refractivity contribution in [3.05, 3.63) is 60.3 Å². The van der Waals surface area contributed by atoms with E-state index >= 15 is 0 Å². The molecule has 114 valence electrons. The van der Waals surface area contributed by atoms with Gasteiger partial charge < -0.3 is 4.98 Å². The highest BCUT2D eigenvalue weighted by Gasteiger charge is 2.42. The van der Waals surface area contributed by atoms with E-state index in [0.29, 0.717) is 24.0 Å². The van der Waals surface area contributed by atoms with Crippen LogP contribution >= 0.6 is 0 Å². The fraction of sp³-hybridized carbons (Fsp3) is 0.400. The van der Waals surface area contributed by atoms with Crippen LogP contribution in [0.2, 0.25) is 0 Å². The minimum Gasteiger partial charge on any atom is -0.361 e. The van der Waals surface area contributed by atoms with Gasteiger partial charge in [0.2, 0.25) is 0 Å². The summed E-state index contributed by atoms with van der Waals surface area (Å²) in [6.07, 6.45) is 9.17. The van der Waals surface area contributed by atoms with E-state index in [1.54, 1.807) is 0 Å². The van der Waals surface area contributed by atoms with Gasteiger partial charge in [-0.3, -0.25) is 4.90 Å². The molecule has 4 rings (SSSR count). The molecule has 1 fully saturated rings. The lowest BCUT2D eigenvalue weighted by molar-refractivity contribution is 0.160. The van der Waals surface area contributed by atoms with E-state index in [4.69, 9.17) is 0 Å². The Balaban J connectivity index is 1.63. The zero-order valence-corrected chi connectivity index (χ0v) is 13.4. The van der Waals surface area contributed by atoms with Crippen LogP contribution in [0.15, 0.2) is 54.8 Å². The first kappa shape index (κ1) is 13.8. The lowest BCUT2D eigenvalue weighted by Crippen LogP contribution is -2.42. The van der Waals surface area contributed by atoms with Crippen LogP contribution in [0.5, 0.6) is 0 Å². The molecule has 3 heterocycles. The van der Waals surface area contributed by atoms with Gasteiger partial charge in [-0.05, 0) is 30.4 Å². The van der Waals surface area contributed by atoms with E-state index in [0.717, 1.165) is 12.8 Å². The molecule has 0 radical (unpaired) electrons. The van der Waals surface area contributed by atoms with Crippen LogP contribution in [0.3, 0.4) is 0 Å². The SMILES string of the molecule is C=C1CC(C(C)C)N2C(Cc3c[nH]c4ccccc34)C=CC12. The number of nitrogens with one attached hydrogen (secondary N) is 1. The van der Waals surface area contributed by atoms with Crippen LogP contribution in [0.25, 0.3) is 10.9 Å². The first-order chi connectivity index (χ1) is 10.6. The van der Waals surface area contributed by atoms with Gasteiger partial charge in [-0.15, -0.1) is 0 Å². The Morgan fingerprint density at radius 2 is 2.09 bits per heavy atom. The van der Waals surface area contributed by atoms with Crippen molar-refractivity contribution in [3.8, 4) is 0 Å². The molecule has 0 bridgehead atoms. The lowest BCUT2D eigenvalue weighted by Gasteiger charge is -2.32. The zero-order valence-electron chi connectivity index (χ0n) is 13.4. The summed E-state index contributed by atoms with van der Waals surface area (Å²) < 4.78 is 0. The van der Waals surface area contributed by atoms with Crippen molar-refractivity contribution >= 4 is 10.9 Å². The Labute approximate surface area is 132 Å². The van der Waals surface area contributed by atoms with Gasteiger partial charge in [0.15, 0.2) is 0 Å². The molecule has 0 aliphatic carbocycles. The second kappa shape index (κ2) is 5.13. The Morgan fingerprint density at radius 1 is 1.27 bits per heavy atom. The summed E-state index contributed by atoms with van der Waals surface area (Å²) in [6, 6.07) is 10.2. The average molecular weight is 292 g/mol. The molecule has 1 aromatic heterocycles. The molecule has 22 heavy (non-hydrogen) atoms. The van der Waals surface area contributed by atoms with Crippen molar-refractivity contribution in [1.29, 1.82) is 0 Å². The topological polar surface area (TPSA) is 19.0 Å². The Morgan fingerprint density at radius 3 is 2.91 bits per heavy atom. The number of hydrogen-bond donors (Lipinski definition) is 1. The molecule has 0 saturated carbocycles. The average Bonchev–Trinajstić information content (AvgIpc) is 3.17. The molecular weight excluding hydrogens is 268 g/mol. The van der Waals surface area contributed by atoms with E-state index in [1.165, 1.54) is 22.0 Å². The van der Waals surface area contributed by atoms with E-state index in [9.17, 15) is 0 Å². The highest BCUT2D eigenvalue weighted by Crippen LogP contribution is 2.39. The molecule has 3 unspecified atom stereocenters. The maximum Gasteiger partial charge on any atom is 0.0498 e. The van der Waals surface area contributed by atoms with Crippen LogP contribution in [0.4, 0.5) is 0 Å². The molecule has 2 aliphatic rings. The summed E-state index contributed by atoms with van der Waals surface area (Å²) in [4.78, 5) is 6.09. The predicted octanol–water partition coefficient (Wildman–Crippen LogP) is 4.30. The van der Waals surface area contributed by atoms with Gasteiger partial charge in [-0.25, -0.2) is 0 Å².